The van der Waals surface area contributed by atoms with E-state index < -0.39 is 0 Å². The Morgan fingerprint density at radius 1 is 1.16 bits per heavy atom. The Labute approximate surface area is 146 Å². The van der Waals surface area contributed by atoms with E-state index in [0.29, 0.717) is 11.7 Å². The summed E-state index contributed by atoms with van der Waals surface area (Å²) in [6, 6.07) is 10.7. The number of hydrogen-bond donors (Lipinski definition) is 0. The van der Waals surface area contributed by atoms with Crippen LogP contribution >= 0.6 is 0 Å². The Morgan fingerprint density at radius 2 is 2.00 bits per heavy atom. The third-order valence-electron chi connectivity index (χ3n) is 4.49. The number of rotatable bonds is 3. The second-order valence-corrected chi connectivity index (χ2v) is 6.29. The quantitative estimate of drug-likeness (QED) is 0.727. The molecule has 0 N–H and O–H groups in total. The summed E-state index contributed by atoms with van der Waals surface area (Å²) in [5.41, 5.74) is 2.04. The molecular formula is C18H20N6O. The lowest BCUT2D eigenvalue weighted by Gasteiger charge is -2.41. The summed E-state index contributed by atoms with van der Waals surface area (Å²) in [6.07, 6.45) is 3.32. The number of nitrogens with zero attached hydrogens (tertiary/aromatic N) is 6. The molecule has 1 aliphatic rings. The predicted molar refractivity (Wildman–Crippen MR) is 94.1 cm³/mol. The second-order valence-electron chi connectivity index (χ2n) is 6.29. The molecule has 0 amide bonds. The van der Waals surface area contributed by atoms with Gasteiger partial charge in [-0.15, -0.1) is 0 Å². The zero-order valence-electron chi connectivity index (χ0n) is 14.3. The first-order valence-electron chi connectivity index (χ1n) is 8.33. The molecule has 1 aliphatic heterocycles. The van der Waals surface area contributed by atoms with Gasteiger partial charge in [0.25, 0.3) is 5.89 Å². The Hall–Kier alpha value is -2.80. The number of aromatic nitrogens is 4. The van der Waals surface area contributed by atoms with Crippen molar-refractivity contribution >= 4 is 5.82 Å². The number of hydrogen-bond acceptors (Lipinski definition) is 7. The third kappa shape index (κ3) is 3.10. The van der Waals surface area contributed by atoms with E-state index in [1.807, 2.05) is 6.07 Å². The molecule has 1 fully saturated rings. The SMILES string of the molecule is Cc1noc(-c2cncnc2N2CCN(C)C[C@H]2c2ccccc2)n1. The lowest BCUT2D eigenvalue weighted by molar-refractivity contribution is 0.268. The average Bonchev–Trinajstić information content (AvgIpc) is 3.09. The van der Waals surface area contributed by atoms with Crippen LogP contribution in [-0.2, 0) is 0 Å². The van der Waals surface area contributed by atoms with Gasteiger partial charge in [0.2, 0.25) is 0 Å². The molecule has 1 saturated heterocycles. The second kappa shape index (κ2) is 6.60. The first-order valence-corrected chi connectivity index (χ1v) is 8.33. The van der Waals surface area contributed by atoms with Crippen molar-refractivity contribution in [2.45, 2.75) is 13.0 Å². The predicted octanol–water partition coefficient (Wildman–Crippen LogP) is 2.33. The highest BCUT2D eigenvalue weighted by molar-refractivity contribution is 5.69. The maximum atomic E-state index is 5.37. The standard InChI is InChI=1S/C18H20N6O/c1-13-21-18(25-22-13)15-10-19-12-20-17(15)24-9-8-23(2)11-16(24)14-6-4-3-5-7-14/h3-7,10,12,16H,8-9,11H2,1-2H3/t16-/m0/s1. The van der Waals surface area contributed by atoms with Gasteiger partial charge in [0.05, 0.1) is 6.04 Å². The highest BCUT2D eigenvalue weighted by Gasteiger charge is 2.30. The van der Waals surface area contributed by atoms with Crippen molar-refractivity contribution in [1.82, 2.24) is 25.0 Å². The molecular weight excluding hydrogens is 316 g/mol. The van der Waals surface area contributed by atoms with Crippen LogP contribution in [0.4, 0.5) is 5.82 Å². The topological polar surface area (TPSA) is 71.2 Å². The summed E-state index contributed by atoms with van der Waals surface area (Å²) in [6.45, 7) is 4.57. The molecule has 7 nitrogen and oxygen atoms in total. The number of benzene rings is 1. The summed E-state index contributed by atoms with van der Waals surface area (Å²) >= 11 is 0. The molecule has 25 heavy (non-hydrogen) atoms. The fourth-order valence-electron chi connectivity index (χ4n) is 3.24. The van der Waals surface area contributed by atoms with Crippen LogP contribution in [0, 0.1) is 6.92 Å². The summed E-state index contributed by atoms with van der Waals surface area (Å²) < 4.78 is 5.37. The van der Waals surface area contributed by atoms with E-state index in [2.05, 4.69) is 61.2 Å². The third-order valence-corrected chi connectivity index (χ3v) is 4.49. The van der Waals surface area contributed by atoms with Crippen molar-refractivity contribution < 1.29 is 4.52 Å². The van der Waals surface area contributed by atoms with Gasteiger partial charge in [-0.2, -0.15) is 4.98 Å². The van der Waals surface area contributed by atoms with E-state index in [1.165, 1.54) is 5.56 Å². The largest absolute Gasteiger partial charge is 0.346 e. The van der Waals surface area contributed by atoms with Crippen LogP contribution in [0.3, 0.4) is 0 Å². The number of aryl methyl sites for hydroxylation is 1. The van der Waals surface area contributed by atoms with E-state index in [0.717, 1.165) is 31.0 Å². The Bertz CT molecular complexity index is 850. The highest BCUT2D eigenvalue weighted by Crippen LogP contribution is 2.34. The molecule has 1 atom stereocenters. The summed E-state index contributed by atoms with van der Waals surface area (Å²) in [7, 11) is 2.15. The van der Waals surface area contributed by atoms with E-state index in [9.17, 15) is 0 Å². The molecule has 7 heteroatoms. The van der Waals surface area contributed by atoms with Gasteiger partial charge in [0.1, 0.15) is 17.7 Å². The van der Waals surface area contributed by atoms with Crippen LogP contribution in [0.5, 0.6) is 0 Å². The van der Waals surface area contributed by atoms with Crippen molar-refractivity contribution in [1.29, 1.82) is 0 Å². The minimum absolute atomic E-state index is 0.206. The molecule has 4 rings (SSSR count). The molecule has 128 valence electrons. The Balaban J connectivity index is 1.77. The fraction of sp³-hybridized carbons (Fsp3) is 0.333. The van der Waals surface area contributed by atoms with Crippen LogP contribution in [0.2, 0.25) is 0 Å². The molecule has 1 aromatic carbocycles. The van der Waals surface area contributed by atoms with E-state index in [4.69, 9.17) is 4.52 Å². The van der Waals surface area contributed by atoms with Crippen molar-refractivity contribution in [3.63, 3.8) is 0 Å². The highest BCUT2D eigenvalue weighted by atomic mass is 16.5. The Morgan fingerprint density at radius 3 is 2.76 bits per heavy atom. The van der Waals surface area contributed by atoms with E-state index in [1.54, 1.807) is 19.4 Å². The van der Waals surface area contributed by atoms with Gasteiger partial charge in [0.15, 0.2) is 5.82 Å². The van der Waals surface area contributed by atoms with Gasteiger partial charge in [-0.25, -0.2) is 9.97 Å². The van der Waals surface area contributed by atoms with Crippen LogP contribution < -0.4 is 4.90 Å². The number of anilines is 1. The smallest absolute Gasteiger partial charge is 0.263 e. The summed E-state index contributed by atoms with van der Waals surface area (Å²) in [5.74, 6) is 1.89. The molecule has 0 radical (unpaired) electrons. The molecule has 3 heterocycles. The van der Waals surface area contributed by atoms with Gasteiger partial charge in [-0.3, -0.25) is 0 Å². The molecule has 0 unspecified atom stereocenters. The van der Waals surface area contributed by atoms with Crippen molar-refractivity contribution in [2.24, 2.45) is 0 Å². The lowest BCUT2D eigenvalue weighted by Crippen LogP contribution is -2.47. The molecule has 0 aliphatic carbocycles. The van der Waals surface area contributed by atoms with E-state index in [-0.39, 0.29) is 6.04 Å². The van der Waals surface area contributed by atoms with Crippen molar-refractivity contribution in [3.05, 3.63) is 54.2 Å². The monoisotopic (exact) mass is 336 g/mol. The first kappa shape index (κ1) is 15.7. The molecule has 2 aromatic heterocycles. The molecule has 0 spiro atoms. The number of piperazine rings is 1. The van der Waals surface area contributed by atoms with Gasteiger partial charge >= 0.3 is 0 Å². The van der Waals surface area contributed by atoms with Crippen LogP contribution in [-0.4, -0.2) is 51.7 Å². The molecule has 0 saturated carbocycles. The van der Waals surface area contributed by atoms with Gasteiger partial charge in [0, 0.05) is 25.8 Å². The normalized spacial score (nSPS) is 18.5. The van der Waals surface area contributed by atoms with Gasteiger partial charge in [-0.1, -0.05) is 35.5 Å². The Kier molecular flexibility index (Phi) is 4.15. The fourth-order valence-corrected chi connectivity index (χ4v) is 3.24. The maximum Gasteiger partial charge on any atom is 0.263 e. The van der Waals surface area contributed by atoms with Crippen molar-refractivity contribution in [3.8, 4) is 11.5 Å². The summed E-state index contributed by atoms with van der Waals surface area (Å²) in [4.78, 5) is 17.7. The van der Waals surface area contributed by atoms with Gasteiger partial charge < -0.3 is 14.3 Å². The van der Waals surface area contributed by atoms with Crippen LogP contribution in [0.15, 0.2) is 47.4 Å². The van der Waals surface area contributed by atoms with Crippen molar-refractivity contribution in [2.75, 3.05) is 31.6 Å². The van der Waals surface area contributed by atoms with Crippen LogP contribution in [0.1, 0.15) is 17.4 Å². The minimum atomic E-state index is 0.206. The zero-order valence-corrected chi connectivity index (χ0v) is 14.3. The lowest BCUT2D eigenvalue weighted by atomic mass is 10.0. The van der Waals surface area contributed by atoms with Gasteiger partial charge in [-0.05, 0) is 19.5 Å². The minimum Gasteiger partial charge on any atom is -0.346 e. The number of likely N-dealkylation sites (N-methyl/N-ethyl adjacent to an activating group) is 1. The molecule has 3 aromatic rings. The first-order chi connectivity index (χ1) is 12.2. The maximum absolute atomic E-state index is 5.37. The average molecular weight is 336 g/mol. The van der Waals surface area contributed by atoms with E-state index >= 15 is 0 Å². The molecule has 0 bridgehead atoms. The van der Waals surface area contributed by atoms with Crippen LogP contribution in [0.25, 0.3) is 11.5 Å². The summed E-state index contributed by atoms with van der Waals surface area (Å²) in [5, 5.41) is 3.90. The zero-order chi connectivity index (χ0) is 17.2.